The number of carbonyl (C=O) groups is 2. The Morgan fingerprint density at radius 3 is 1.96 bits per heavy atom. The van der Waals surface area contributed by atoms with Gasteiger partial charge in [-0.3, -0.25) is 9.59 Å². The number of rotatable bonds is 4. The highest BCUT2D eigenvalue weighted by molar-refractivity contribution is 5.78. The fourth-order valence-corrected chi connectivity index (χ4v) is 6.96. The molecule has 2 amide bonds. The minimum Gasteiger partial charge on any atom is -0.353 e. The molecule has 5 aliphatic rings. The molecule has 4 aliphatic carbocycles. The highest BCUT2D eigenvalue weighted by atomic mass is 16.2. The first-order valence-corrected chi connectivity index (χ1v) is 11.3. The topological polar surface area (TPSA) is 49.4 Å². The van der Waals surface area contributed by atoms with E-state index >= 15 is 0 Å². The second-order valence-corrected chi connectivity index (χ2v) is 11.6. The summed E-state index contributed by atoms with van der Waals surface area (Å²) in [5.41, 5.74) is 0.363. The molecule has 27 heavy (non-hydrogen) atoms. The van der Waals surface area contributed by atoms with Gasteiger partial charge < -0.3 is 10.2 Å². The van der Waals surface area contributed by atoms with E-state index in [1.165, 1.54) is 38.5 Å². The molecule has 152 valence electrons. The number of likely N-dealkylation sites (tertiary alicyclic amines) is 1. The van der Waals surface area contributed by atoms with Crippen LogP contribution in [0.2, 0.25) is 0 Å². The van der Waals surface area contributed by atoms with Crippen molar-refractivity contribution in [3.05, 3.63) is 0 Å². The van der Waals surface area contributed by atoms with Gasteiger partial charge in [-0.2, -0.15) is 0 Å². The maximum Gasteiger partial charge on any atom is 0.223 e. The van der Waals surface area contributed by atoms with E-state index in [4.69, 9.17) is 0 Å². The van der Waals surface area contributed by atoms with Crippen molar-refractivity contribution in [2.75, 3.05) is 13.1 Å². The molecular formula is C23H38N2O2. The van der Waals surface area contributed by atoms with Crippen molar-refractivity contribution in [3.63, 3.8) is 0 Å². The molecule has 0 atom stereocenters. The van der Waals surface area contributed by atoms with Crippen molar-refractivity contribution in [2.45, 2.75) is 91.0 Å². The van der Waals surface area contributed by atoms with Gasteiger partial charge in [0.05, 0.1) is 0 Å². The summed E-state index contributed by atoms with van der Waals surface area (Å²) in [6, 6.07) is 0.255. The molecule has 0 unspecified atom stereocenters. The van der Waals surface area contributed by atoms with E-state index in [0.29, 0.717) is 11.8 Å². The monoisotopic (exact) mass is 374 g/mol. The first-order chi connectivity index (χ1) is 12.7. The van der Waals surface area contributed by atoms with Crippen molar-refractivity contribution < 1.29 is 9.59 Å². The molecule has 4 nitrogen and oxygen atoms in total. The highest BCUT2D eigenvalue weighted by Crippen LogP contribution is 2.61. The molecule has 1 heterocycles. The Morgan fingerprint density at radius 2 is 1.48 bits per heavy atom. The summed E-state index contributed by atoms with van der Waals surface area (Å²) in [5.74, 6) is 3.25. The van der Waals surface area contributed by atoms with E-state index < -0.39 is 0 Å². The van der Waals surface area contributed by atoms with Gasteiger partial charge in [0, 0.05) is 32.0 Å². The van der Waals surface area contributed by atoms with Crippen LogP contribution in [0.5, 0.6) is 0 Å². The molecule has 4 saturated carbocycles. The third kappa shape index (κ3) is 4.51. The number of hydrogen-bond donors (Lipinski definition) is 1. The van der Waals surface area contributed by atoms with Crippen LogP contribution in [-0.2, 0) is 9.59 Å². The van der Waals surface area contributed by atoms with Gasteiger partial charge in [-0.25, -0.2) is 0 Å². The van der Waals surface area contributed by atoms with E-state index in [1.54, 1.807) is 0 Å². The Bertz CT molecular complexity index is 548. The van der Waals surface area contributed by atoms with Crippen molar-refractivity contribution in [2.24, 2.45) is 28.6 Å². The lowest BCUT2D eigenvalue weighted by molar-refractivity contribution is -0.134. The largest absolute Gasteiger partial charge is 0.353 e. The van der Waals surface area contributed by atoms with Crippen molar-refractivity contribution in [1.82, 2.24) is 10.2 Å². The minimum absolute atomic E-state index is 0.0417. The molecule has 0 radical (unpaired) electrons. The molecule has 1 saturated heterocycles. The average molecular weight is 375 g/mol. The predicted octanol–water partition coefficient (Wildman–Crippen LogP) is 4.14. The van der Waals surface area contributed by atoms with Crippen LogP contribution in [0.25, 0.3) is 0 Å². The van der Waals surface area contributed by atoms with Gasteiger partial charge in [0.2, 0.25) is 11.8 Å². The third-order valence-electron chi connectivity index (χ3n) is 7.59. The van der Waals surface area contributed by atoms with Crippen LogP contribution in [0.3, 0.4) is 0 Å². The Hall–Kier alpha value is -1.06. The normalized spacial score (nSPS) is 36.1. The molecule has 0 spiro atoms. The van der Waals surface area contributed by atoms with Gasteiger partial charge in [0.25, 0.3) is 0 Å². The Morgan fingerprint density at radius 1 is 0.963 bits per heavy atom. The third-order valence-corrected chi connectivity index (χ3v) is 7.59. The standard InChI is InChI=1S/C23H38N2O2/c1-22(2,3)15-21(27)25-6-4-19(5-7-25)24-20(26)14-23-11-16-8-17(12-23)10-18(9-16)13-23/h16-19H,4-15H2,1-3H3,(H,24,26). The number of amides is 2. The summed E-state index contributed by atoms with van der Waals surface area (Å²) in [6.07, 6.45) is 11.4. The summed E-state index contributed by atoms with van der Waals surface area (Å²) >= 11 is 0. The van der Waals surface area contributed by atoms with Crippen molar-refractivity contribution in [1.29, 1.82) is 0 Å². The summed E-state index contributed by atoms with van der Waals surface area (Å²) < 4.78 is 0. The smallest absolute Gasteiger partial charge is 0.223 e. The molecule has 0 aromatic carbocycles. The van der Waals surface area contributed by atoms with Gasteiger partial charge in [-0.15, -0.1) is 0 Å². The van der Waals surface area contributed by atoms with E-state index in [9.17, 15) is 9.59 Å². The van der Waals surface area contributed by atoms with Gasteiger partial charge in [0.1, 0.15) is 0 Å². The van der Waals surface area contributed by atoms with Crippen LogP contribution in [-0.4, -0.2) is 35.8 Å². The Labute approximate surface area is 164 Å². The lowest BCUT2D eigenvalue weighted by atomic mass is 9.49. The summed E-state index contributed by atoms with van der Waals surface area (Å²) in [4.78, 5) is 27.2. The van der Waals surface area contributed by atoms with Gasteiger partial charge in [0.15, 0.2) is 0 Å². The molecular weight excluding hydrogens is 336 g/mol. The van der Waals surface area contributed by atoms with Crippen LogP contribution in [0, 0.1) is 28.6 Å². The fraction of sp³-hybridized carbons (Fsp3) is 0.913. The fourth-order valence-electron chi connectivity index (χ4n) is 6.96. The number of piperidine rings is 1. The number of nitrogens with zero attached hydrogens (tertiary/aromatic N) is 1. The lowest BCUT2D eigenvalue weighted by Crippen LogP contribution is -2.50. The van der Waals surface area contributed by atoms with Gasteiger partial charge in [-0.05, 0) is 80.0 Å². The molecule has 4 heteroatoms. The molecule has 1 N–H and O–H groups in total. The maximum atomic E-state index is 12.8. The second kappa shape index (κ2) is 7.08. The van der Waals surface area contributed by atoms with Crippen LogP contribution in [0.1, 0.15) is 85.0 Å². The summed E-state index contributed by atoms with van der Waals surface area (Å²) in [7, 11) is 0. The van der Waals surface area contributed by atoms with Crippen LogP contribution < -0.4 is 5.32 Å². The van der Waals surface area contributed by atoms with Crippen molar-refractivity contribution >= 4 is 11.8 Å². The zero-order valence-corrected chi connectivity index (χ0v) is 17.6. The molecule has 1 aliphatic heterocycles. The van der Waals surface area contributed by atoms with Gasteiger partial charge in [-0.1, -0.05) is 20.8 Å². The first-order valence-electron chi connectivity index (χ1n) is 11.3. The number of carbonyl (C=O) groups excluding carboxylic acids is 2. The number of hydrogen-bond acceptors (Lipinski definition) is 2. The quantitative estimate of drug-likeness (QED) is 0.804. The molecule has 0 aromatic heterocycles. The van der Waals surface area contributed by atoms with E-state index in [1.807, 2.05) is 4.90 Å². The van der Waals surface area contributed by atoms with Gasteiger partial charge >= 0.3 is 0 Å². The van der Waals surface area contributed by atoms with Crippen LogP contribution in [0.15, 0.2) is 0 Å². The number of nitrogens with one attached hydrogen (secondary N) is 1. The summed E-state index contributed by atoms with van der Waals surface area (Å²) in [6.45, 7) is 7.92. The molecule has 4 bridgehead atoms. The molecule has 0 aromatic rings. The van der Waals surface area contributed by atoms with Crippen molar-refractivity contribution in [3.8, 4) is 0 Å². The van der Waals surface area contributed by atoms with E-state index in [0.717, 1.165) is 50.1 Å². The SMILES string of the molecule is CC(C)(C)CC(=O)N1CCC(NC(=O)CC23CC4CC(CC(C4)C2)C3)CC1. The highest BCUT2D eigenvalue weighted by Gasteiger charge is 2.51. The zero-order valence-electron chi connectivity index (χ0n) is 17.6. The van der Waals surface area contributed by atoms with Crippen LogP contribution in [0.4, 0.5) is 0 Å². The Balaban J connectivity index is 1.24. The predicted molar refractivity (Wildman–Crippen MR) is 107 cm³/mol. The van der Waals surface area contributed by atoms with Crippen LogP contribution >= 0.6 is 0 Å². The first kappa shape index (κ1) is 19.3. The zero-order chi connectivity index (χ0) is 19.2. The maximum absolute atomic E-state index is 12.8. The summed E-state index contributed by atoms with van der Waals surface area (Å²) in [5, 5.41) is 3.32. The average Bonchev–Trinajstić information content (AvgIpc) is 2.51. The lowest BCUT2D eigenvalue weighted by Gasteiger charge is -2.56. The molecule has 5 fully saturated rings. The van der Waals surface area contributed by atoms with E-state index in [-0.39, 0.29) is 23.3 Å². The molecule has 5 rings (SSSR count). The minimum atomic E-state index is 0.0417. The second-order valence-electron chi connectivity index (χ2n) is 11.6. The Kier molecular flexibility index (Phi) is 5.05. The van der Waals surface area contributed by atoms with E-state index in [2.05, 4.69) is 26.1 Å².